The van der Waals surface area contributed by atoms with Crippen molar-refractivity contribution in [2.24, 2.45) is 0 Å². The second kappa shape index (κ2) is 19.7. The van der Waals surface area contributed by atoms with Crippen LogP contribution in [0.2, 0.25) is 77.1 Å². The van der Waals surface area contributed by atoms with Gasteiger partial charge in [-0.05, 0) is 58.0 Å². The Labute approximate surface area is 205 Å². The smallest absolute Gasteiger partial charge is 0.230 e. The molecule has 0 radical (unpaired) electrons. The van der Waals surface area contributed by atoms with Gasteiger partial charge in [-0.15, -0.1) is 0 Å². The molecule has 0 aromatic carbocycles. The Morgan fingerprint density at radius 3 is 1.88 bits per heavy atom. The van der Waals surface area contributed by atoms with Gasteiger partial charge in [-0.3, -0.25) is 9.37 Å². The van der Waals surface area contributed by atoms with Gasteiger partial charge in [-0.25, -0.2) is 4.89 Å². The van der Waals surface area contributed by atoms with Gasteiger partial charge in [0.25, 0.3) is 0 Å². The summed E-state index contributed by atoms with van der Waals surface area (Å²) in [5.74, 6) is 0.0762. The minimum absolute atomic E-state index is 0.0762. The van der Waals surface area contributed by atoms with E-state index in [1.807, 2.05) is 0 Å². The van der Waals surface area contributed by atoms with Gasteiger partial charge in [0.15, 0.2) is 14.1 Å². The quantitative estimate of drug-likeness (QED) is 0.0834. The molecule has 0 amide bonds. The fraction of sp³-hybridized carbons (Fsp3) is 0.957. The molecule has 0 spiro atoms. The van der Waals surface area contributed by atoms with Crippen LogP contribution in [0.15, 0.2) is 0 Å². The Morgan fingerprint density at radius 1 is 0.750 bits per heavy atom. The standard InChI is InChI=1S/C21H48O5Si3.C2H8Si/c1-21(22)20-23-14-13-18-29(8,19-16-24-26-28(5,6)7)25-15-11-9-10-12-17-27(2,3)4;1-3-2/h9-20H2,1-8H3;3H2,1-2H3. The van der Waals surface area contributed by atoms with Crippen LogP contribution in [0.5, 0.6) is 0 Å². The molecule has 0 aliphatic rings. The molecule has 1 unspecified atom stereocenters. The Morgan fingerprint density at radius 2 is 1.34 bits per heavy atom. The summed E-state index contributed by atoms with van der Waals surface area (Å²) in [4.78, 5) is 16.5. The van der Waals surface area contributed by atoms with Crippen LogP contribution in [0.1, 0.15) is 39.0 Å². The summed E-state index contributed by atoms with van der Waals surface area (Å²) >= 11 is 0. The van der Waals surface area contributed by atoms with E-state index in [-0.39, 0.29) is 12.4 Å². The van der Waals surface area contributed by atoms with E-state index < -0.39 is 24.7 Å². The summed E-state index contributed by atoms with van der Waals surface area (Å²) < 4.78 is 17.4. The Kier molecular flexibility index (Phi) is 21.2. The number of Topliss-reactive ketones (excluding diaryl/α,β-unsaturated/α-hetero) is 1. The van der Waals surface area contributed by atoms with Gasteiger partial charge >= 0.3 is 0 Å². The van der Waals surface area contributed by atoms with E-state index in [4.69, 9.17) is 18.6 Å². The summed E-state index contributed by atoms with van der Waals surface area (Å²) in [6.07, 6.45) is 6.01. The first-order valence-corrected chi connectivity index (χ1v) is 25.5. The van der Waals surface area contributed by atoms with E-state index in [2.05, 4.69) is 58.9 Å². The molecule has 0 aromatic rings. The number of ether oxygens (including phenoxy) is 1. The van der Waals surface area contributed by atoms with Crippen molar-refractivity contribution in [3.05, 3.63) is 0 Å². The van der Waals surface area contributed by atoms with Gasteiger partial charge in [0.1, 0.15) is 6.61 Å². The first-order chi connectivity index (χ1) is 14.7. The topological polar surface area (TPSA) is 54.0 Å². The van der Waals surface area contributed by atoms with E-state index in [0.29, 0.717) is 22.7 Å². The lowest BCUT2D eigenvalue weighted by Gasteiger charge is -2.28. The van der Waals surface area contributed by atoms with E-state index in [9.17, 15) is 4.79 Å². The molecule has 0 saturated carbocycles. The summed E-state index contributed by atoms with van der Waals surface area (Å²) in [5.41, 5.74) is 0. The van der Waals surface area contributed by atoms with Crippen LogP contribution in [0.25, 0.3) is 0 Å². The van der Waals surface area contributed by atoms with Crippen LogP contribution < -0.4 is 0 Å². The van der Waals surface area contributed by atoms with Crippen LogP contribution in [-0.2, 0) is 23.4 Å². The fourth-order valence-corrected chi connectivity index (χ4v) is 7.27. The summed E-state index contributed by atoms with van der Waals surface area (Å²) in [7, 11) is -4.00. The Hall–Kier alpha value is 0.378. The third-order valence-electron chi connectivity index (χ3n) is 4.59. The van der Waals surface area contributed by atoms with Crippen molar-refractivity contribution < 1.29 is 23.4 Å². The number of carbonyl (C=O) groups excluding carboxylic acids is 1. The second-order valence-corrected chi connectivity index (χ2v) is 27.0. The third kappa shape index (κ3) is 28.4. The average molecular weight is 525 g/mol. The normalized spacial score (nSPS) is 13.9. The maximum Gasteiger partial charge on any atom is 0.230 e. The monoisotopic (exact) mass is 524 g/mol. The molecule has 0 aliphatic carbocycles. The Bertz CT molecular complexity index is 453. The lowest BCUT2D eigenvalue weighted by atomic mass is 10.2. The van der Waals surface area contributed by atoms with Crippen molar-refractivity contribution in [1.29, 1.82) is 0 Å². The Balaban J connectivity index is 0. The molecule has 0 fully saturated rings. The molecule has 0 aromatic heterocycles. The number of hydrogen-bond acceptors (Lipinski definition) is 5. The van der Waals surface area contributed by atoms with Gasteiger partial charge in [0, 0.05) is 30.8 Å². The van der Waals surface area contributed by atoms with Crippen molar-refractivity contribution in [3.8, 4) is 0 Å². The molecule has 5 nitrogen and oxygen atoms in total. The van der Waals surface area contributed by atoms with Gasteiger partial charge in [-0.1, -0.05) is 58.0 Å². The zero-order valence-electron chi connectivity index (χ0n) is 23.2. The number of hydrogen-bond donors (Lipinski definition) is 0. The van der Waals surface area contributed by atoms with E-state index >= 15 is 0 Å². The number of carbonyl (C=O) groups is 1. The minimum atomic E-state index is -1.87. The predicted molar refractivity (Wildman–Crippen MR) is 151 cm³/mol. The molecular weight excluding hydrogens is 469 g/mol. The molecule has 9 heteroatoms. The third-order valence-corrected chi connectivity index (χ3v) is 10.6. The minimum Gasteiger partial charge on any atom is -0.417 e. The molecule has 0 N–H and O–H groups in total. The zero-order valence-corrected chi connectivity index (χ0v) is 27.6. The maximum absolute atomic E-state index is 11.0. The van der Waals surface area contributed by atoms with E-state index in [0.717, 1.165) is 31.5 Å². The average Bonchev–Trinajstić information content (AvgIpc) is 2.63. The van der Waals surface area contributed by atoms with Crippen LogP contribution in [0, 0.1) is 0 Å². The number of unbranched alkanes of at least 4 members (excludes halogenated alkanes) is 3. The van der Waals surface area contributed by atoms with Crippen LogP contribution in [0.4, 0.5) is 0 Å². The summed E-state index contributed by atoms with van der Waals surface area (Å²) in [6.45, 7) is 24.3. The number of ketones is 1. The summed E-state index contributed by atoms with van der Waals surface area (Å²) in [6, 6.07) is 3.38. The van der Waals surface area contributed by atoms with Crippen LogP contribution in [-0.4, -0.2) is 66.4 Å². The maximum atomic E-state index is 11.0. The zero-order chi connectivity index (χ0) is 25.1. The highest BCUT2D eigenvalue weighted by molar-refractivity contribution is 6.76. The molecule has 194 valence electrons. The van der Waals surface area contributed by atoms with Crippen molar-refractivity contribution in [1.82, 2.24) is 0 Å². The SMILES string of the molecule is CC(=O)COCCC[Si](C)(CCOO[Si](C)(C)C)OCCCCCC[Si](C)(C)C.C[SiH2]C. The van der Waals surface area contributed by atoms with Crippen molar-refractivity contribution in [2.45, 2.75) is 116 Å². The van der Waals surface area contributed by atoms with Crippen molar-refractivity contribution >= 4 is 40.0 Å². The lowest BCUT2D eigenvalue weighted by Crippen LogP contribution is -2.37. The molecule has 0 aliphatic heterocycles. The first-order valence-electron chi connectivity index (χ1n) is 12.8. The molecule has 0 bridgehead atoms. The van der Waals surface area contributed by atoms with Gasteiger partial charge in [0.05, 0.1) is 6.61 Å². The van der Waals surface area contributed by atoms with Crippen LogP contribution >= 0.6 is 0 Å². The van der Waals surface area contributed by atoms with E-state index in [1.165, 1.54) is 25.3 Å². The van der Waals surface area contributed by atoms with Gasteiger partial charge in [0.2, 0.25) is 8.32 Å². The van der Waals surface area contributed by atoms with Crippen molar-refractivity contribution in [2.75, 3.05) is 26.4 Å². The highest BCUT2D eigenvalue weighted by Crippen LogP contribution is 2.21. The molecule has 0 saturated heterocycles. The first kappa shape index (κ1) is 34.5. The lowest BCUT2D eigenvalue weighted by molar-refractivity contribution is -0.213. The predicted octanol–water partition coefficient (Wildman–Crippen LogP) is 6.51. The highest BCUT2D eigenvalue weighted by Gasteiger charge is 2.29. The summed E-state index contributed by atoms with van der Waals surface area (Å²) in [5, 5.41) is 0. The van der Waals surface area contributed by atoms with Crippen LogP contribution in [0.3, 0.4) is 0 Å². The highest BCUT2D eigenvalue weighted by atomic mass is 28.4. The largest absolute Gasteiger partial charge is 0.417 e. The molecule has 32 heavy (non-hydrogen) atoms. The molecule has 1 atom stereocenters. The van der Waals surface area contributed by atoms with Crippen molar-refractivity contribution in [3.63, 3.8) is 0 Å². The van der Waals surface area contributed by atoms with E-state index in [1.54, 1.807) is 6.92 Å². The molecule has 0 rings (SSSR count). The van der Waals surface area contributed by atoms with Gasteiger partial charge < -0.3 is 9.16 Å². The van der Waals surface area contributed by atoms with Gasteiger partial charge in [-0.2, -0.15) is 0 Å². The molecule has 0 heterocycles. The number of rotatable bonds is 19. The fourth-order valence-electron chi connectivity index (χ4n) is 2.94. The second-order valence-electron chi connectivity index (χ2n) is 11.4. The molecular formula is C23H56O5Si4.